The van der Waals surface area contributed by atoms with Crippen molar-refractivity contribution >= 4 is 35.7 Å². The number of alkyl halides is 3. The van der Waals surface area contributed by atoms with Gasteiger partial charge in [-0.1, -0.05) is 0 Å². The standard InChI is InChI=1S/C7H3BrClF3O3S/c8-5-3-4(16(9,13)14)1-2-6(5)15-7(10,11)12/h1-3H. The van der Waals surface area contributed by atoms with Crippen LogP contribution in [-0.2, 0) is 9.05 Å². The van der Waals surface area contributed by atoms with E-state index in [4.69, 9.17) is 10.7 Å². The molecule has 3 nitrogen and oxygen atoms in total. The Morgan fingerprint density at radius 3 is 2.25 bits per heavy atom. The van der Waals surface area contributed by atoms with Crippen LogP contribution in [0.4, 0.5) is 13.2 Å². The molecular weight excluding hydrogens is 336 g/mol. The molecule has 0 spiro atoms. The maximum atomic E-state index is 11.9. The fourth-order valence-corrected chi connectivity index (χ4v) is 2.23. The van der Waals surface area contributed by atoms with Crippen LogP contribution in [0.25, 0.3) is 0 Å². The highest BCUT2D eigenvalue weighted by Gasteiger charge is 2.32. The van der Waals surface area contributed by atoms with Gasteiger partial charge in [0.1, 0.15) is 5.75 Å². The Bertz CT molecular complexity index is 500. The van der Waals surface area contributed by atoms with Crippen LogP contribution in [0.5, 0.6) is 5.75 Å². The fourth-order valence-electron chi connectivity index (χ4n) is 0.841. The third-order valence-corrected chi connectivity index (χ3v) is 3.38. The van der Waals surface area contributed by atoms with Crippen LogP contribution in [-0.4, -0.2) is 14.8 Å². The normalized spacial score (nSPS) is 12.6. The molecule has 0 bridgehead atoms. The molecular formula is C7H3BrClF3O3S. The number of halogens is 5. The van der Waals surface area contributed by atoms with Gasteiger partial charge in [-0.2, -0.15) is 0 Å². The summed E-state index contributed by atoms with van der Waals surface area (Å²) in [6.07, 6.45) is -4.84. The monoisotopic (exact) mass is 338 g/mol. The minimum atomic E-state index is -4.84. The predicted molar refractivity (Wildman–Crippen MR) is 53.9 cm³/mol. The van der Waals surface area contributed by atoms with E-state index in [1.54, 1.807) is 0 Å². The summed E-state index contributed by atoms with van der Waals surface area (Å²) in [5.74, 6) is -0.545. The molecule has 1 aromatic rings. The highest BCUT2D eigenvalue weighted by Crippen LogP contribution is 2.32. The van der Waals surface area contributed by atoms with E-state index < -0.39 is 21.2 Å². The Morgan fingerprint density at radius 2 is 1.88 bits per heavy atom. The van der Waals surface area contributed by atoms with Gasteiger partial charge in [-0.3, -0.25) is 0 Å². The van der Waals surface area contributed by atoms with E-state index in [0.717, 1.165) is 18.2 Å². The summed E-state index contributed by atoms with van der Waals surface area (Å²) in [5.41, 5.74) is 0. The predicted octanol–water partition coefficient (Wildman–Crippen LogP) is 3.28. The lowest BCUT2D eigenvalue weighted by Crippen LogP contribution is -2.17. The average Bonchev–Trinajstić information content (AvgIpc) is 2.04. The first kappa shape index (κ1) is 13.6. The van der Waals surface area contributed by atoms with Crippen molar-refractivity contribution in [3.05, 3.63) is 22.7 Å². The van der Waals surface area contributed by atoms with Crippen molar-refractivity contribution in [1.82, 2.24) is 0 Å². The van der Waals surface area contributed by atoms with Crippen molar-refractivity contribution < 1.29 is 26.3 Å². The van der Waals surface area contributed by atoms with Gasteiger partial charge >= 0.3 is 6.36 Å². The first-order valence-electron chi connectivity index (χ1n) is 3.59. The van der Waals surface area contributed by atoms with Crippen molar-refractivity contribution in [3.63, 3.8) is 0 Å². The second-order valence-electron chi connectivity index (χ2n) is 2.58. The Kier molecular flexibility index (Phi) is 3.76. The Hall–Kier alpha value is -0.470. The molecule has 0 radical (unpaired) electrons. The molecule has 1 rings (SSSR count). The molecule has 0 atom stereocenters. The zero-order valence-electron chi connectivity index (χ0n) is 7.25. The van der Waals surface area contributed by atoms with Crippen LogP contribution >= 0.6 is 26.6 Å². The van der Waals surface area contributed by atoms with Gasteiger partial charge in [0.25, 0.3) is 9.05 Å². The van der Waals surface area contributed by atoms with E-state index in [1.165, 1.54) is 0 Å². The van der Waals surface area contributed by atoms with E-state index >= 15 is 0 Å². The number of hydrogen-bond donors (Lipinski definition) is 0. The number of rotatable bonds is 2. The number of benzene rings is 1. The van der Waals surface area contributed by atoms with Gasteiger partial charge in [0.2, 0.25) is 0 Å². The van der Waals surface area contributed by atoms with E-state index in [1.807, 2.05) is 0 Å². The summed E-state index contributed by atoms with van der Waals surface area (Å²) in [6, 6.07) is 2.68. The summed E-state index contributed by atoms with van der Waals surface area (Å²) < 4.78 is 60.8. The molecule has 1 aromatic carbocycles. The van der Waals surface area contributed by atoms with Crippen LogP contribution in [0, 0.1) is 0 Å². The lowest BCUT2D eigenvalue weighted by Gasteiger charge is -2.10. The van der Waals surface area contributed by atoms with E-state index in [-0.39, 0.29) is 9.37 Å². The average molecular weight is 340 g/mol. The van der Waals surface area contributed by atoms with E-state index in [9.17, 15) is 21.6 Å². The minimum Gasteiger partial charge on any atom is -0.405 e. The largest absolute Gasteiger partial charge is 0.573 e. The quantitative estimate of drug-likeness (QED) is 0.777. The zero-order valence-corrected chi connectivity index (χ0v) is 10.4. The first-order valence-corrected chi connectivity index (χ1v) is 6.70. The van der Waals surface area contributed by atoms with Gasteiger partial charge in [-0.25, -0.2) is 8.42 Å². The van der Waals surface area contributed by atoms with Gasteiger partial charge in [0, 0.05) is 10.7 Å². The Labute approximate surface area is 102 Å². The molecule has 0 aliphatic carbocycles. The van der Waals surface area contributed by atoms with Gasteiger partial charge in [0.05, 0.1) is 9.37 Å². The third-order valence-electron chi connectivity index (χ3n) is 1.41. The van der Waals surface area contributed by atoms with E-state index in [2.05, 4.69) is 20.7 Å². The summed E-state index contributed by atoms with van der Waals surface area (Å²) >= 11 is 2.74. The lowest BCUT2D eigenvalue weighted by molar-refractivity contribution is -0.274. The van der Waals surface area contributed by atoms with Gasteiger partial charge < -0.3 is 4.74 Å². The van der Waals surface area contributed by atoms with Crippen LogP contribution in [0.3, 0.4) is 0 Å². The van der Waals surface area contributed by atoms with Gasteiger partial charge in [0.15, 0.2) is 0 Å². The van der Waals surface area contributed by atoms with Crippen molar-refractivity contribution in [3.8, 4) is 5.75 Å². The maximum Gasteiger partial charge on any atom is 0.573 e. The molecule has 0 saturated heterocycles. The van der Waals surface area contributed by atoms with E-state index in [0.29, 0.717) is 0 Å². The molecule has 0 aliphatic heterocycles. The molecule has 90 valence electrons. The van der Waals surface area contributed by atoms with Gasteiger partial charge in [-0.15, -0.1) is 13.2 Å². The second-order valence-corrected chi connectivity index (χ2v) is 6.00. The molecule has 0 aromatic heterocycles. The van der Waals surface area contributed by atoms with Crippen molar-refractivity contribution in [2.75, 3.05) is 0 Å². The summed E-state index contributed by atoms with van der Waals surface area (Å²) in [7, 11) is 1.02. The molecule has 0 amide bonds. The van der Waals surface area contributed by atoms with Crippen molar-refractivity contribution in [1.29, 1.82) is 0 Å². The third kappa shape index (κ3) is 3.84. The van der Waals surface area contributed by atoms with Crippen molar-refractivity contribution in [2.24, 2.45) is 0 Å². The molecule has 16 heavy (non-hydrogen) atoms. The molecule has 0 saturated carbocycles. The van der Waals surface area contributed by atoms with Crippen LogP contribution in [0.2, 0.25) is 0 Å². The summed E-state index contributed by atoms with van der Waals surface area (Å²) in [6.45, 7) is 0. The van der Waals surface area contributed by atoms with Crippen LogP contribution in [0.1, 0.15) is 0 Å². The second kappa shape index (κ2) is 4.42. The molecule has 9 heteroatoms. The minimum absolute atomic E-state index is 0.161. The van der Waals surface area contributed by atoms with Crippen molar-refractivity contribution in [2.45, 2.75) is 11.3 Å². The smallest absolute Gasteiger partial charge is 0.405 e. The van der Waals surface area contributed by atoms with Crippen LogP contribution in [0.15, 0.2) is 27.6 Å². The molecule has 0 fully saturated rings. The first-order chi connectivity index (χ1) is 7.09. The molecule has 0 unspecified atom stereocenters. The Morgan fingerprint density at radius 1 is 1.31 bits per heavy atom. The topological polar surface area (TPSA) is 43.4 Å². The fraction of sp³-hybridized carbons (Fsp3) is 0.143. The molecule has 0 aliphatic rings. The molecule has 0 heterocycles. The highest BCUT2D eigenvalue weighted by molar-refractivity contribution is 9.10. The van der Waals surface area contributed by atoms with Gasteiger partial charge in [-0.05, 0) is 34.1 Å². The Balaban J connectivity index is 3.11. The zero-order chi connectivity index (χ0) is 12.6. The SMILES string of the molecule is O=S(=O)(Cl)c1ccc(OC(F)(F)F)c(Br)c1. The highest BCUT2D eigenvalue weighted by atomic mass is 79.9. The lowest BCUT2D eigenvalue weighted by atomic mass is 10.3. The number of hydrogen-bond acceptors (Lipinski definition) is 3. The summed E-state index contributed by atoms with van der Waals surface area (Å²) in [4.78, 5) is -0.324. The maximum absolute atomic E-state index is 11.9. The van der Waals surface area contributed by atoms with Crippen LogP contribution < -0.4 is 4.74 Å². The molecule has 0 N–H and O–H groups in total. The summed E-state index contributed by atoms with van der Waals surface area (Å²) in [5, 5.41) is 0. The number of ether oxygens (including phenoxy) is 1.